The zero-order chi connectivity index (χ0) is 16.3. The number of carboxylic acid groups (broad SMARTS) is 1. The maximum atomic E-state index is 12.3. The molecule has 1 saturated carbocycles. The van der Waals surface area contributed by atoms with Crippen LogP contribution < -0.4 is 5.32 Å². The first-order valence-electron chi connectivity index (χ1n) is 8.11. The average Bonchev–Trinajstić information content (AvgIpc) is 2.80. The van der Waals surface area contributed by atoms with Gasteiger partial charge in [0.15, 0.2) is 0 Å². The van der Waals surface area contributed by atoms with Gasteiger partial charge >= 0.3 is 5.97 Å². The van der Waals surface area contributed by atoms with Gasteiger partial charge in [-0.2, -0.15) is 0 Å². The largest absolute Gasteiger partial charge is 0.481 e. The maximum absolute atomic E-state index is 12.3. The van der Waals surface area contributed by atoms with Crippen molar-refractivity contribution in [3.63, 3.8) is 0 Å². The van der Waals surface area contributed by atoms with Gasteiger partial charge in [0.05, 0.1) is 11.5 Å². The first-order valence-corrected chi connectivity index (χ1v) is 8.11. The van der Waals surface area contributed by atoms with Crippen LogP contribution in [0, 0.1) is 19.8 Å². The van der Waals surface area contributed by atoms with Crippen molar-refractivity contribution in [1.82, 2.24) is 9.88 Å². The van der Waals surface area contributed by atoms with Crippen molar-refractivity contribution >= 4 is 11.9 Å². The van der Waals surface area contributed by atoms with Gasteiger partial charge in [-0.1, -0.05) is 26.2 Å². The summed E-state index contributed by atoms with van der Waals surface area (Å²) in [5.74, 6) is -1.65. The van der Waals surface area contributed by atoms with Gasteiger partial charge in [-0.3, -0.25) is 9.59 Å². The molecule has 0 spiro atoms. The molecule has 1 amide bonds. The Bertz CT molecular complexity index is 556. The van der Waals surface area contributed by atoms with Crippen LogP contribution in [0.5, 0.6) is 0 Å². The molecule has 0 saturated heterocycles. The van der Waals surface area contributed by atoms with Crippen molar-refractivity contribution in [2.45, 2.75) is 58.9 Å². The molecule has 1 aromatic rings. The molecule has 122 valence electrons. The number of aliphatic carboxylic acids is 1. The predicted octanol–water partition coefficient (Wildman–Crippen LogP) is 3.06. The van der Waals surface area contributed by atoms with Crippen LogP contribution in [0.15, 0.2) is 6.07 Å². The van der Waals surface area contributed by atoms with Crippen molar-refractivity contribution in [3.8, 4) is 0 Å². The van der Waals surface area contributed by atoms with E-state index in [2.05, 4.69) is 9.88 Å². The Labute approximate surface area is 131 Å². The number of carbonyl (C=O) groups excluding carboxylic acids is 1. The Morgan fingerprint density at radius 2 is 1.95 bits per heavy atom. The molecular weight excluding hydrogens is 280 g/mol. The Morgan fingerprint density at radius 1 is 1.32 bits per heavy atom. The first-order chi connectivity index (χ1) is 10.4. The normalized spacial score (nSPS) is 17.2. The fraction of sp³-hybridized carbons (Fsp3) is 0.647. The van der Waals surface area contributed by atoms with Gasteiger partial charge in [0.25, 0.3) is 5.91 Å². The number of amides is 1. The van der Waals surface area contributed by atoms with Gasteiger partial charge in [-0.25, -0.2) is 0 Å². The summed E-state index contributed by atoms with van der Waals surface area (Å²) in [7, 11) is 0. The van der Waals surface area contributed by atoms with Crippen LogP contribution in [0.2, 0.25) is 0 Å². The van der Waals surface area contributed by atoms with E-state index in [1.165, 1.54) is 32.1 Å². The quantitative estimate of drug-likeness (QED) is 0.878. The lowest BCUT2D eigenvalue weighted by Crippen LogP contribution is -2.31. The van der Waals surface area contributed by atoms with E-state index in [0.717, 1.165) is 11.4 Å². The van der Waals surface area contributed by atoms with Crippen LogP contribution in [0.25, 0.3) is 0 Å². The second kappa shape index (κ2) is 6.99. The molecule has 1 aliphatic rings. The lowest BCUT2D eigenvalue weighted by atomic mass is 9.95. The minimum Gasteiger partial charge on any atom is -0.481 e. The topological polar surface area (TPSA) is 71.3 Å². The number of carboxylic acids is 1. The van der Waals surface area contributed by atoms with Crippen molar-refractivity contribution in [2.24, 2.45) is 5.92 Å². The summed E-state index contributed by atoms with van der Waals surface area (Å²) in [6.07, 6.45) is 6.15. The number of hydrogen-bond acceptors (Lipinski definition) is 2. The Morgan fingerprint density at radius 3 is 2.55 bits per heavy atom. The molecule has 2 N–H and O–H groups in total. The molecule has 0 radical (unpaired) electrons. The third kappa shape index (κ3) is 3.51. The lowest BCUT2D eigenvalue weighted by Gasteiger charge is -2.26. The molecule has 2 rings (SSSR count). The summed E-state index contributed by atoms with van der Waals surface area (Å²) in [5.41, 5.74) is 2.77. The van der Waals surface area contributed by atoms with Crippen LogP contribution in [0.1, 0.15) is 66.8 Å². The monoisotopic (exact) mass is 306 g/mol. The van der Waals surface area contributed by atoms with E-state index in [0.29, 0.717) is 11.6 Å². The summed E-state index contributed by atoms with van der Waals surface area (Å²) in [5, 5.41) is 11.6. The van der Waals surface area contributed by atoms with E-state index in [-0.39, 0.29) is 12.5 Å². The molecule has 1 unspecified atom stereocenters. The molecule has 1 atom stereocenters. The van der Waals surface area contributed by atoms with Crippen LogP contribution in [0.3, 0.4) is 0 Å². The zero-order valence-corrected chi connectivity index (χ0v) is 13.7. The van der Waals surface area contributed by atoms with E-state index in [9.17, 15) is 9.59 Å². The lowest BCUT2D eigenvalue weighted by molar-refractivity contribution is -0.140. The molecule has 5 nitrogen and oxygen atoms in total. The smallest absolute Gasteiger partial charge is 0.308 e. The number of aromatic nitrogens is 1. The van der Waals surface area contributed by atoms with Crippen molar-refractivity contribution in [1.29, 1.82) is 0 Å². The number of hydrogen-bond donors (Lipinski definition) is 2. The zero-order valence-electron chi connectivity index (χ0n) is 13.7. The Hall–Kier alpha value is -1.78. The number of carbonyl (C=O) groups is 2. The van der Waals surface area contributed by atoms with Gasteiger partial charge < -0.3 is 15.0 Å². The number of rotatable bonds is 5. The van der Waals surface area contributed by atoms with Gasteiger partial charge in [0, 0.05) is 24.0 Å². The van der Waals surface area contributed by atoms with E-state index in [1.807, 2.05) is 19.9 Å². The third-order valence-corrected chi connectivity index (χ3v) is 4.66. The molecule has 1 aromatic heterocycles. The van der Waals surface area contributed by atoms with E-state index >= 15 is 0 Å². The van der Waals surface area contributed by atoms with Gasteiger partial charge in [0.1, 0.15) is 0 Å². The minimum atomic E-state index is -0.895. The highest BCUT2D eigenvalue weighted by Gasteiger charge is 2.23. The molecule has 1 heterocycles. The first kappa shape index (κ1) is 16.6. The molecule has 0 bridgehead atoms. The SMILES string of the molecule is Cc1cc(C(=O)NCC(C)C(=O)O)c(C)n1C1CCCCC1. The second-order valence-corrected chi connectivity index (χ2v) is 6.40. The summed E-state index contributed by atoms with van der Waals surface area (Å²) in [4.78, 5) is 23.1. The number of nitrogens with zero attached hydrogens (tertiary/aromatic N) is 1. The van der Waals surface area contributed by atoms with Crippen molar-refractivity contribution in [3.05, 3.63) is 23.0 Å². The van der Waals surface area contributed by atoms with Crippen LogP contribution >= 0.6 is 0 Å². The average molecular weight is 306 g/mol. The van der Waals surface area contributed by atoms with Crippen LogP contribution in [-0.2, 0) is 4.79 Å². The highest BCUT2D eigenvalue weighted by molar-refractivity contribution is 5.95. The summed E-state index contributed by atoms with van der Waals surface area (Å²) in [6.45, 7) is 5.77. The summed E-state index contributed by atoms with van der Waals surface area (Å²) < 4.78 is 2.29. The fourth-order valence-electron chi connectivity index (χ4n) is 3.34. The molecule has 5 heteroatoms. The van der Waals surface area contributed by atoms with E-state index in [1.54, 1.807) is 6.92 Å². The predicted molar refractivity (Wildman–Crippen MR) is 85.2 cm³/mol. The molecule has 1 aliphatic carbocycles. The third-order valence-electron chi connectivity index (χ3n) is 4.66. The fourth-order valence-corrected chi connectivity index (χ4v) is 3.34. The highest BCUT2D eigenvalue weighted by atomic mass is 16.4. The molecular formula is C17H26N2O3. The van der Waals surface area contributed by atoms with E-state index < -0.39 is 11.9 Å². The number of nitrogens with one attached hydrogen (secondary N) is 1. The summed E-state index contributed by atoms with van der Waals surface area (Å²) >= 11 is 0. The maximum Gasteiger partial charge on any atom is 0.308 e. The molecule has 1 fully saturated rings. The van der Waals surface area contributed by atoms with Crippen LogP contribution in [0.4, 0.5) is 0 Å². The van der Waals surface area contributed by atoms with Crippen LogP contribution in [-0.4, -0.2) is 28.1 Å². The van der Waals surface area contributed by atoms with Gasteiger partial charge in [-0.05, 0) is 32.8 Å². The minimum absolute atomic E-state index is 0.154. The van der Waals surface area contributed by atoms with Gasteiger partial charge in [-0.15, -0.1) is 0 Å². The second-order valence-electron chi connectivity index (χ2n) is 6.40. The number of aryl methyl sites for hydroxylation is 1. The molecule has 0 aromatic carbocycles. The standard InChI is InChI=1S/C17H26N2O3/c1-11(17(21)22)10-18-16(20)15-9-12(2)19(13(15)3)14-7-5-4-6-8-14/h9,11,14H,4-8,10H2,1-3H3,(H,18,20)(H,21,22). The Kier molecular flexibility index (Phi) is 5.27. The highest BCUT2D eigenvalue weighted by Crippen LogP contribution is 2.32. The van der Waals surface area contributed by atoms with Crippen molar-refractivity contribution in [2.75, 3.05) is 6.54 Å². The van der Waals surface area contributed by atoms with E-state index in [4.69, 9.17) is 5.11 Å². The molecule has 0 aliphatic heterocycles. The molecule has 22 heavy (non-hydrogen) atoms. The Balaban J connectivity index is 2.11. The van der Waals surface area contributed by atoms with Crippen molar-refractivity contribution < 1.29 is 14.7 Å². The van der Waals surface area contributed by atoms with Gasteiger partial charge in [0.2, 0.25) is 0 Å². The summed E-state index contributed by atoms with van der Waals surface area (Å²) in [6, 6.07) is 2.42.